The lowest BCUT2D eigenvalue weighted by Gasteiger charge is -2.12. The number of anilines is 1. The van der Waals surface area contributed by atoms with Crippen molar-refractivity contribution in [2.24, 2.45) is 0 Å². The first kappa shape index (κ1) is 19.3. The Morgan fingerprint density at radius 2 is 1.96 bits per heavy atom. The highest BCUT2D eigenvalue weighted by Crippen LogP contribution is 2.30. The van der Waals surface area contributed by atoms with Crippen LogP contribution < -0.4 is 16.4 Å². The molecule has 0 radical (unpaired) electrons. The lowest BCUT2D eigenvalue weighted by atomic mass is 10.1. The minimum absolute atomic E-state index is 0.327. The molecule has 0 atom stereocenters. The lowest BCUT2D eigenvalue weighted by Crippen LogP contribution is -2.36. The third-order valence-corrected chi connectivity index (χ3v) is 5.23. The van der Waals surface area contributed by atoms with Crippen molar-refractivity contribution in [2.45, 2.75) is 25.3 Å². The van der Waals surface area contributed by atoms with E-state index in [2.05, 4.69) is 10.3 Å². The predicted octanol–water partition coefficient (Wildman–Crippen LogP) is 3.73. The minimum atomic E-state index is -0.710. The van der Waals surface area contributed by atoms with Crippen molar-refractivity contribution in [3.63, 3.8) is 0 Å². The zero-order valence-corrected chi connectivity index (χ0v) is 16.4. The smallest absolute Gasteiger partial charge is 0.316 e. The van der Waals surface area contributed by atoms with Crippen molar-refractivity contribution in [2.75, 3.05) is 11.1 Å². The van der Waals surface area contributed by atoms with E-state index in [1.54, 1.807) is 49.0 Å². The SMILES string of the molecule is CCSc1ccc(Cl)cc1NC(=O)c1ccc2c(c1)[nH]c(=O)c(=O)n2CC. The van der Waals surface area contributed by atoms with E-state index in [1.165, 1.54) is 4.57 Å². The van der Waals surface area contributed by atoms with E-state index in [9.17, 15) is 14.4 Å². The number of rotatable bonds is 5. The summed E-state index contributed by atoms with van der Waals surface area (Å²) in [6.45, 7) is 4.18. The third kappa shape index (κ3) is 3.94. The summed E-state index contributed by atoms with van der Waals surface area (Å²) >= 11 is 7.66. The quantitative estimate of drug-likeness (QED) is 0.502. The molecule has 0 aliphatic heterocycles. The molecule has 0 saturated heterocycles. The normalized spacial score (nSPS) is 10.9. The molecular weight excluding hydrogens is 386 g/mol. The fourth-order valence-electron chi connectivity index (χ4n) is 2.81. The lowest BCUT2D eigenvalue weighted by molar-refractivity contribution is 0.102. The molecule has 2 N–H and O–H groups in total. The van der Waals surface area contributed by atoms with Crippen LogP contribution >= 0.6 is 23.4 Å². The van der Waals surface area contributed by atoms with Gasteiger partial charge in [-0.15, -0.1) is 11.8 Å². The summed E-state index contributed by atoms with van der Waals surface area (Å²) in [7, 11) is 0. The van der Waals surface area contributed by atoms with Crippen molar-refractivity contribution in [1.29, 1.82) is 0 Å². The number of fused-ring (bicyclic) bond motifs is 1. The number of benzene rings is 2. The van der Waals surface area contributed by atoms with E-state index >= 15 is 0 Å². The average molecular weight is 404 g/mol. The molecule has 6 nitrogen and oxygen atoms in total. The zero-order valence-electron chi connectivity index (χ0n) is 14.8. The van der Waals surface area contributed by atoms with E-state index in [1.807, 2.05) is 13.0 Å². The van der Waals surface area contributed by atoms with Gasteiger partial charge in [-0.3, -0.25) is 14.4 Å². The fraction of sp³-hybridized carbons (Fsp3) is 0.211. The van der Waals surface area contributed by atoms with Crippen LogP contribution in [0.2, 0.25) is 5.02 Å². The fourth-order valence-corrected chi connectivity index (χ4v) is 3.72. The first-order valence-electron chi connectivity index (χ1n) is 8.45. The van der Waals surface area contributed by atoms with Crippen LogP contribution in [0, 0.1) is 0 Å². The van der Waals surface area contributed by atoms with Gasteiger partial charge in [0.1, 0.15) is 0 Å². The Hall–Kier alpha value is -2.51. The van der Waals surface area contributed by atoms with Gasteiger partial charge in [-0.05, 0) is 49.1 Å². The van der Waals surface area contributed by atoms with Gasteiger partial charge in [0.2, 0.25) is 0 Å². The molecule has 1 heterocycles. The number of nitrogens with one attached hydrogen (secondary N) is 2. The van der Waals surface area contributed by atoms with Gasteiger partial charge >= 0.3 is 11.1 Å². The number of halogens is 1. The van der Waals surface area contributed by atoms with E-state index in [4.69, 9.17) is 11.6 Å². The monoisotopic (exact) mass is 403 g/mol. The van der Waals surface area contributed by atoms with E-state index < -0.39 is 11.1 Å². The predicted molar refractivity (Wildman–Crippen MR) is 110 cm³/mol. The van der Waals surface area contributed by atoms with Gasteiger partial charge in [0, 0.05) is 22.0 Å². The second-order valence-corrected chi connectivity index (χ2v) is 7.51. The Morgan fingerprint density at radius 1 is 1.19 bits per heavy atom. The number of thioether (sulfide) groups is 1. The standard InChI is InChI=1S/C19H18ClN3O3S/c1-3-23-15-7-5-11(9-13(15)21-18(25)19(23)26)17(24)22-14-10-12(20)6-8-16(14)27-4-2/h5-10H,3-4H2,1-2H3,(H,21,25)(H,22,24). The summed E-state index contributed by atoms with van der Waals surface area (Å²) in [6, 6.07) is 10.2. The number of amides is 1. The second-order valence-electron chi connectivity index (χ2n) is 5.76. The Balaban J connectivity index is 2.00. The highest BCUT2D eigenvalue weighted by Gasteiger charge is 2.13. The van der Waals surface area contributed by atoms with Crippen molar-refractivity contribution >= 4 is 46.0 Å². The number of carbonyl (C=O) groups excluding carboxylic acids is 1. The summed E-state index contributed by atoms with van der Waals surface area (Å²) < 4.78 is 1.38. The molecule has 3 aromatic rings. The topological polar surface area (TPSA) is 84.0 Å². The minimum Gasteiger partial charge on any atom is -0.321 e. The van der Waals surface area contributed by atoms with Gasteiger partial charge in [-0.1, -0.05) is 18.5 Å². The van der Waals surface area contributed by atoms with Gasteiger partial charge in [0.05, 0.1) is 16.7 Å². The van der Waals surface area contributed by atoms with Crippen LogP contribution in [0.15, 0.2) is 50.9 Å². The molecule has 3 rings (SSSR count). The molecule has 140 valence electrons. The van der Waals surface area contributed by atoms with Crippen LogP contribution in [-0.2, 0) is 6.54 Å². The molecule has 8 heteroatoms. The van der Waals surface area contributed by atoms with E-state index in [-0.39, 0.29) is 5.91 Å². The molecule has 0 spiro atoms. The van der Waals surface area contributed by atoms with Crippen LogP contribution in [0.1, 0.15) is 24.2 Å². The largest absolute Gasteiger partial charge is 0.321 e. The van der Waals surface area contributed by atoms with E-state index in [0.29, 0.717) is 33.9 Å². The number of hydrogen-bond donors (Lipinski definition) is 2. The maximum atomic E-state index is 12.7. The molecule has 0 fully saturated rings. The third-order valence-electron chi connectivity index (χ3n) is 4.04. The van der Waals surface area contributed by atoms with Crippen LogP contribution in [0.25, 0.3) is 11.0 Å². The molecule has 1 amide bonds. The van der Waals surface area contributed by atoms with Gasteiger partial charge < -0.3 is 14.9 Å². The molecule has 0 saturated carbocycles. The van der Waals surface area contributed by atoms with Crippen molar-refractivity contribution in [3.8, 4) is 0 Å². The number of H-pyrrole nitrogens is 1. The van der Waals surface area contributed by atoms with Gasteiger partial charge in [-0.25, -0.2) is 0 Å². The van der Waals surface area contributed by atoms with Crippen LogP contribution in [0.3, 0.4) is 0 Å². The Labute approximate surface area is 164 Å². The first-order chi connectivity index (χ1) is 12.9. The van der Waals surface area contributed by atoms with Gasteiger partial charge in [0.15, 0.2) is 0 Å². The molecule has 1 aromatic heterocycles. The first-order valence-corrected chi connectivity index (χ1v) is 9.81. The molecule has 2 aromatic carbocycles. The highest BCUT2D eigenvalue weighted by atomic mass is 35.5. The van der Waals surface area contributed by atoms with Gasteiger partial charge in [0.25, 0.3) is 5.91 Å². The summed E-state index contributed by atoms with van der Waals surface area (Å²) in [4.78, 5) is 39.9. The highest BCUT2D eigenvalue weighted by molar-refractivity contribution is 7.99. The summed E-state index contributed by atoms with van der Waals surface area (Å²) in [5.74, 6) is 0.531. The molecule has 0 aliphatic carbocycles. The molecule has 27 heavy (non-hydrogen) atoms. The average Bonchev–Trinajstić information content (AvgIpc) is 2.64. The number of nitrogens with zero attached hydrogens (tertiary/aromatic N) is 1. The number of carbonyl (C=O) groups is 1. The molecule has 0 bridgehead atoms. The maximum absolute atomic E-state index is 12.7. The van der Waals surface area contributed by atoms with Crippen molar-refractivity contribution in [1.82, 2.24) is 9.55 Å². The van der Waals surface area contributed by atoms with Crippen LogP contribution in [0.4, 0.5) is 5.69 Å². The Bertz CT molecular complexity index is 1140. The summed E-state index contributed by atoms with van der Waals surface area (Å²) in [5, 5.41) is 3.40. The summed E-state index contributed by atoms with van der Waals surface area (Å²) in [6.07, 6.45) is 0. The van der Waals surface area contributed by atoms with Crippen LogP contribution in [-0.4, -0.2) is 21.2 Å². The van der Waals surface area contributed by atoms with Gasteiger partial charge in [-0.2, -0.15) is 0 Å². The van der Waals surface area contributed by atoms with E-state index in [0.717, 1.165) is 10.6 Å². The Kier molecular flexibility index (Phi) is 5.72. The molecular formula is C19H18ClN3O3S. The number of aryl methyl sites for hydroxylation is 1. The number of hydrogen-bond acceptors (Lipinski definition) is 4. The van der Waals surface area contributed by atoms with Crippen LogP contribution in [0.5, 0.6) is 0 Å². The molecule has 0 unspecified atom stereocenters. The maximum Gasteiger partial charge on any atom is 0.316 e. The Morgan fingerprint density at radius 3 is 2.67 bits per heavy atom. The van der Waals surface area contributed by atoms with Crippen molar-refractivity contribution in [3.05, 3.63) is 67.7 Å². The molecule has 0 aliphatic rings. The number of aromatic amines is 1. The summed E-state index contributed by atoms with van der Waals surface area (Å²) in [5.41, 5.74) is 0.686. The zero-order chi connectivity index (χ0) is 19.6. The number of aromatic nitrogens is 2. The van der Waals surface area contributed by atoms with Crippen molar-refractivity contribution < 1.29 is 4.79 Å². The second kappa shape index (κ2) is 8.02.